The van der Waals surface area contributed by atoms with Gasteiger partial charge in [-0.25, -0.2) is 4.98 Å². The third-order valence-electron chi connectivity index (χ3n) is 3.62. The number of nitrogens with zero attached hydrogens (tertiary/aromatic N) is 2. The summed E-state index contributed by atoms with van der Waals surface area (Å²) in [6.07, 6.45) is 0. The Balaban J connectivity index is 1.94. The molecule has 0 spiro atoms. The number of rotatable bonds is 2. The van der Waals surface area contributed by atoms with Crippen LogP contribution < -0.4 is 5.73 Å². The first-order chi connectivity index (χ1) is 10.6. The largest absolute Gasteiger partial charge is 0.441 e. The number of primary amides is 1. The predicted octanol–water partition coefficient (Wildman–Crippen LogP) is 2.78. The minimum Gasteiger partial charge on any atom is -0.441 e. The van der Waals surface area contributed by atoms with Crippen molar-refractivity contribution >= 4 is 27.9 Å². The lowest BCUT2D eigenvalue weighted by Crippen LogP contribution is -2.10. The van der Waals surface area contributed by atoms with E-state index >= 15 is 0 Å². The summed E-state index contributed by atoms with van der Waals surface area (Å²) in [6, 6.07) is 10.9. The van der Waals surface area contributed by atoms with Crippen LogP contribution in [0.25, 0.3) is 33.3 Å². The Labute approximate surface area is 124 Å². The molecular formula is C16H12N4O2. The Kier molecular flexibility index (Phi) is 2.53. The molecular weight excluding hydrogens is 280 g/mol. The average molecular weight is 292 g/mol. The lowest BCUT2D eigenvalue weighted by molar-refractivity contribution is 0.100. The van der Waals surface area contributed by atoms with Crippen LogP contribution in [0.2, 0.25) is 0 Å². The lowest BCUT2D eigenvalue weighted by atomic mass is 10.1. The first-order valence-corrected chi connectivity index (χ1v) is 6.77. The van der Waals surface area contributed by atoms with Gasteiger partial charge >= 0.3 is 0 Å². The zero-order valence-corrected chi connectivity index (χ0v) is 11.8. The summed E-state index contributed by atoms with van der Waals surface area (Å²) in [7, 11) is 0. The molecule has 0 aliphatic heterocycles. The number of aromatic nitrogens is 3. The molecule has 0 bridgehead atoms. The number of fused-ring (bicyclic) bond motifs is 2. The van der Waals surface area contributed by atoms with Gasteiger partial charge in [-0.3, -0.25) is 9.89 Å². The molecule has 3 N–H and O–H groups in total. The molecule has 6 nitrogen and oxygen atoms in total. The number of nitrogens with two attached hydrogens (primary N) is 1. The Hall–Kier alpha value is -3.15. The molecule has 0 unspecified atom stereocenters. The van der Waals surface area contributed by atoms with Crippen molar-refractivity contribution in [1.29, 1.82) is 0 Å². The number of hydrogen-bond acceptors (Lipinski definition) is 4. The smallest absolute Gasteiger partial charge is 0.248 e. The van der Waals surface area contributed by atoms with Gasteiger partial charge in [-0.2, -0.15) is 5.10 Å². The van der Waals surface area contributed by atoms with Crippen LogP contribution in [0.15, 0.2) is 40.8 Å². The van der Waals surface area contributed by atoms with Crippen molar-refractivity contribution < 1.29 is 9.21 Å². The highest BCUT2D eigenvalue weighted by molar-refractivity contribution is 6.01. The van der Waals surface area contributed by atoms with E-state index in [2.05, 4.69) is 15.2 Å². The monoisotopic (exact) mass is 292 g/mol. The lowest BCUT2D eigenvalue weighted by Gasteiger charge is -1.99. The number of amides is 1. The first-order valence-electron chi connectivity index (χ1n) is 6.77. The second kappa shape index (κ2) is 4.42. The SMILES string of the molecule is Cc1nc2ccc(-c3n[nH]c4ccc(C(N)=O)cc34)cc2o1. The van der Waals surface area contributed by atoms with E-state index < -0.39 is 5.91 Å². The molecule has 0 saturated heterocycles. The highest BCUT2D eigenvalue weighted by Crippen LogP contribution is 2.29. The van der Waals surface area contributed by atoms with Gasteiger partial charge in [0.15, 0.2) is 11.5 Å². The molecule has 0 saturated carbocycles. The van der Waals surface area contributed by atoms with Crippen LogP contribution >= 0.6 is 0 Å². The Morgan fingerprint density at radius 2 is 2.09 bits per heavy atom. The van der Waals surface area contributed by atoms with Gasteiger partial charge in [-0.1, -0.05) is 6.07 Å². The van der Waals surface area contributed by atoms with Crippen LogP contribution in [0.5, 0.6) is 0 Å². The molecule has 0 aliphatic carbocycles. The quantitative estimate of drug-likeness (QED) is 0.593. The van der Waals surface area contributed by atoms with Gasteiger partial charge in [0.05, 0.1) is 5.52 Å². The molecule has 108 valence electrons. The fourth-order valence-electron chi connectivity index (χ4n) is 2.57. The normalized spacial score (nSPS) is 11.3. The summed E-state index contributed by atoms with van der Waals surface area (Å²) in [5.41, 5.74) is 9.78. The molecule has 4 rings (SSSR count). The number of hydrogen-bond donors (Lipinski definition) is 2. The van der Waals surface area contributed by atoms with Gasteiger partial charge in [0.25, 0.3) is 0 Å². The zero-order valence-electron chi connectivity index (χ0n) is 11.8. The highest BCUT2D eigenvalue weighted by Gasteiger charge is 2.12. The molecule has 0 aliphatic rings. The van der Waals surface area contributed by atoms with Crippen molar-refractivity contribution in [3.63, 3.8) is 0 Å². The standard InChI is InChI=1S/C16H12N4O2/c1-8-18-13-5-2-9(7-14(13)22-8)15-11-6-10(16(17)21)3-4-12(11)19-20-15/h2-7H,1H3,(H2,17,21)(H,19,20). The van der Waals surface area contributed by atoms with Crippen LogP contribution in [0.4, 0.5) is 0 Å². The Morgan fingerprint density at radius 3 is 2.91 bits per heavy atom. The van der Waals surface area contributed by atoms with Crippen molar-refractivity contribution in [2.75, 3.05) is 0 Å². The maximum atomic E-state index is 11.4. The van der Waals surface area contributed by atoms with Gasteiger partial charge in [0.2, 0.25) is 5.91 Å². The summed E-state index contributed by atoms with van der Waals surface area (Å²) in [5.74, 6) is 0.158. The van der Waals surface area contributed by atoms with Crippen LogP contribution in [0.3, 0.4) is 0 Å². The van der Waals surface area contributed by atoms with E-state index in [-0.39, 0.29) is 0 Å². The first kappa shape index (κ1) is 12.6. The van der Waals surface area contributed by atoms with Crippen molar-refractivity contribution in [1.82, 2.24) is 15.2 Å². The molecule has 2 aromatic carbocycles. The van der Waals surface area contributed by atoms with Gasteiger partial charge in [0.1, 0.15) is 11.2 Å². The Morgan fingerprint density at radius 1 is 1.23 bits per heavy atom. The maximum absolute atomic E-state index is 11.4. The number of carbonyl (C=O) groups excluding carboxylic acids is 1. The minimum atomic E-state index is -0.463. The van der Waals surface area contributed by atoms with Crippen LogP contribution in [-0.2, 0) is 0 Å². The molecule has 0 atom stereocenters. The van der Waals surface area contributed by atoms with Crippen molar-refractivity contribution in [3.05, 3.63) is 47.9 Å². The number of carbonyl (C=O) groups is 1. The molecule has 0 fully saturated rings. The second-order valence-corrected chi connectivity index (χ2v) is 5.11. The topological polar surface area (TPSA) is 97.8 Å². The molecule has 22 heavy (non-hydrogen) atoms. The summed E-state index contributed by atoms with van der Waals surface area (Å²) in [5, 5.41) is 8.14. The number of nitrogens with one attached hydrogen (secondary N) is 1. The molecule has 4 aromatic rings. The van der Waals surface area contributed by atoms with Gasteiger partial charge in [-0.15, -0.1) is 0 Å². The van der Waals surface area contributed by atoms with Crippen LogP contribution in [-0.4, -0.2) is 21.1 Å². The van der Waals surface area contributed by atoms with Gasteiger partial charge in [0, 0.05) is 23.4 Å². The van der Waals surface area contributed by atoms with E-state index in [1.807, 2.05) is 25.1 Å². The fraction of sp³-hybridized carbons (Fsp3) is 0.0625. The van der Waals surface area contributed by atoms with Gasteiger partial charge < -0.3 is 10.2 Å². The molecule has 1 amide bonds. The summed E-state index contributed by atoms with van der Waals surface area (Å²) < 4.78 is 5.56. The molecule has 2 heterocycles. The van der Waals surface area contributed by atoms with E-state index in [9.17, 15) is 4.79 Å². The number of H-pyrrole nitrogens is 1. The van der Waals surface area contributed by atoms with E-state index in [4.69, 9.17) is 10.2 Å². The number of aryl methyl sites for hydroxylation is 1. The summed E-state index contributed by atoms with van der Waals surface area (Å²) >= 11 is 0. The number of oxazole rings is 1. The van der Waals surface area contributed by atoms with E-state index in [0.717, 1.165) is 27.7 Å². The highest BCUT2D eigenvalue weighted by atomic mass is 16.3. The third kappa shape index (κ3) is 1.85. The van der Waals surface area contributed by atoms with Crippen molar-refractivity contribution in [3.8, 4) is 11.3 Å². The van der Waals surface area contributed by atoms with Crippen molar-refractivity contribution in [2.45, 2.75) is 6.92 Å². The van der Waals surface area contributed by atoms with Crippen molar-refractivity contribution in [2.24, 2.45) is 5.73 Å². The summed E-state index contributed by atoms with van der Waals surface area (Å²) in [6.45, 7) is 1.81. The molecule has 6 heteroatoms. The third-order valence-corrected chi connectivity index (χ3v) is 3.62. The van der Waals surface area contributed by atoms with Crippen LogP contribution in [0.1, 0.15) is 16.2 Å². The number of aromatic amines is 1. The second-order valence-electron chi connectivity index (χ2n) is 5.11. The maximum Gasteiger partial charge on any atom is 0.248 e. The Bertz CT molecular complexity index is 1030. The fourth-order valence-corrected chi connectivity index (χ4v) is 2.57. The van der Waals surface area contributed by atoms with E-state index in [0.29, 0.717) is 17.0 Å². The summed E-state index contributed by atoms with van der Waals surface area (Å²) in [4.78, 5) is 15.6. The van der Waals surface area contributed by atoms with E-state index in [1.165, 1.54) is 0 Å². The minimum absolute atomic E-state index is 0.451. The molecule has 0 radical (unpaired) electrons. The van der Waals surface area contributed by atoms with Gasteiger partial charge in [-0.05, 0) is 30.3 Å². The average Bonchev–Trinajstić information content (AvgIpc) is 3.07. The predicted molar refractivity (Wildman–Crippen MR) is 82.4 cm³/mol. The zero-order chi connectivity index (χ0) is 15.3. The molecule has 2 aromatic heterocycles. The van der Waals surface area contributed by atoms with E-state index in [1.54, 1.807) is 18.2 Å². The number of benzene rings is 2. The van der Waals surface area contributed by atoms with Crippen LogP contribution in [0, 0.1) is 6.92 Å².